The van der Waals surface area contributed by atoms with Gasteiger partial charge >= 0.3 is 27.0 Å². The second-order valence-corrected chi connectivity index (χ2v) is 1.99. The first-order valence-corrected chi connectivity index (χ1v) is 6.84. The third-order valence-corrected chi connectivity index (χ3v) is 1.08. The van der Waals surface area contributed by atoms with Crippen LogP contribution >= 0.6 is 9.69 Å². The summed E-state index contributed by atoms with van der Waals surface area (Å²) in [4.78, 5) is 0. The van der Waals surface area contributed by atoms with Crippen LogP contribution in [0.4, 0.5) is 0 Å². The number of rotatable bonds is 0. The van der Waals surface area contributed by atoms with Gasteiger partial charge in [0.15, 0.2) is 0 Å². The predicted molar refractivity (Wildman–Crippen MR) is 41.5 cm³/mol. The van der Waals surface area contributed by atoms with Gasteiger partial charge in [-0.3, -0.25) is 0 Å². The first kappa shape index (κ1) is 10.0. The molecule has 10 heavy (non-hydrogen) atoms. The van der Waals surface area contributed by atoms with E-state index in [1.807, 2.05) is 12.1 Å². The Morgan fingerprint density at radius 2 is 2.00 bits per heavy atom. The molecule has 0 nitrogen and oxygen atoms in total. The van der Waals surface area contributed by atoms with Crippen LogP contribution in [-0.2, 0) is 17.3 Å². The van der Waals surface area contributed by atoms with E-state index in [2.05, 4.69) is 26.0 Å². The van der Waals surface area contributed by atoms with Crippen LogP contribution in [-0.4, -0.2) is 0 Å². The molecule has 0 aliphatic heterocycles. The summed E-state index contributed by atoms with van der Waals surface area (Å²) in [6.07, 6.45) is 0. The van der Waals surface area contributed by atoms with Gasteiger partial charge in [0.2, 0.25) is 0 Å². The molecule has 0 aromatic heterocycles. The molecule has 0 radical (unpaired) electrons. The molecule has 0 saturated carbocycles. The van der Waals surface area contributed by atoms with Crippen LogP contribution in [0.5, 0.6) is 0 Å². The van der Waals surface area contributed by atoms with Crippen molar-refractivity contribution in [1.82, 2.24) is 0 Å². The number of hydrogen-bond donors (Lipinski definition) is 0. The van der Waals surface area contributed by atoms with Gasteiger partial charge in [-0.15, -0.1) is 11.6 Å². The summed E-state index contributed by atoms with van der Waals surface area (Å²) in [6.45, 7) is 5.85. The van der Waals surface area contributed by atoms with Crippen LogP contribution in [0.1, 0.15) is 11.1 Å². The molecule has 1 aromatic rings. The molecule has 0 unspecified atom stereocenters. The van der Waals surface area contributed by atoms with E-state index in [4.69, 9.17) is 9.69 Å². The van der Waals surface area contributed by atoms with Crippen molar-refractivity contribution in [2.24, 2.45) is 0 Å². The number of aryl methyl sites for hydroxylation is 1. The van der Waals surface area contributed by atoms with Crippen LogP contribution in [0.15, 0.2) is 24.3 Å². The van der Waals surface area contributed by atoms with Crippen molar-refractivity contribution in [3.63, 3.8) is 0 Å². The zero-order valence-corrected chi connectivity index (χ0v) is 9.82. The Kier molecular flexibility index (Phi) is 5.77. The quantitative estimate of drug-likeness (QED) is 0.452. The van der Waals surface area contributed by atoms with Crippen LogP contribution in [0.2, 0.25) is 0 Å². The zero-order valence-electron chi connectivity index (χ0n) is 6.10. The summed E-state index contributed by atoms with van der Waals surface area (Å²) in [7, 11) is 4.76. The van der Waals surface area contributed by atoms with Gasteiger partial charge in [-0.05, 0) is 0 Å². The second-order valence-electron chi connectivity index (χ2n) is 1.99. The minimum atomic E-state index is 0.847. The molecule has 1 rings (SSSR count). The summed E-state index contributed by atoms with van der Waals surface area (Å²) >= 11 is 0.847. The fourth-order valence-electron chi connectivity index (χ4n) is 0.712. The molecule has 0 fully saturated rings. The first-order valence-electron chi connectivity index (χ1n) is 2.94. The topological polar surface area (TPSA) is 0 Å². The Balaban J connectivity index is 0.000000371. The van der Waals surface area contributed by atoms with Crippen molar-refractivity contribution in [2.75, 3.05) is 0 Å². The Hall–Kier alpha value is 0.00338. The Morgan fingerprint density at radius 1 is 1.40 bits per heavy atom. The van der Waals surface area contributed by atoms with E-state index < -0.39 is 0 Å². The monoisotopic (exact) mass is 204 g/mol. The average molecular weight is 206 g/mol. The van der Waals surface area contributed by atoms with Crippen molar-refractivity contribution < 1.29 is 17.3 Å². The van der Waals surface area contributed by atoms with E-state index in [-0.39, 0.29) is 0 Å². The Morgan fingerprint density at radius 3 is 2.30 bits per heavy atom. The Labute approximate surface area is 76.3 Å². The predicted octanol–water partition coefficient (Wildman–Crippen LogP) is 2.86. The third kappa shape index (κ3) is 3.92. The number of halogens is 1. The van der Waals surface area contributed by atoms with Crippen molar-refractivity contribution in [3.05, 3.63) is 42.3 Å². The fraction of sp³-hybridized carbons (Fsp3) is 0.125. The van der Waals surface area contributed by atoms with Crippen LogP contribution in [0.3, 0.4) is 0 Å². The van der Waals surface area contributed by atoms with Crippen LogP contribution < -0.4 is 0 Å². The van der Waals surface area contributed by atoms with Gasteiger partial charge in [-0.1, -0.05) is 13.0 Å². The van der Waals surface area contributed by atoms with Gasteiger partial charge in [-0.25, -0.2) is 0 Å². The van der Waals surface area contributed by atoms with E-state index in [1.54, 1.807) is 0 Å². The molecular formula is C8H9ClZn. The summed E-state index contributed by atoms with van der Waals surface area (Å²) in [6, 6.07) is 8.12. The summed E-state index contributed by atoms with van der Waals surface area (Å²) < 4.78 is 0. The van der Waals surface area contributed by atoms with Crippen molar-refractivity contribution in [2.45, 2.75) is 6.92 Å². The average Bonchev–Trinajstić information content (AvgIpc) is 1.91. The number of benzene rings is 1. The molecular weight excluding hydrogens is 197 g/mol. The minimum absolute atomic E-state index is 0.847. The fourth-order valence-corrected chi connectivity index (χ4v) is 0.712. The molecule has 0 aliphatic rings. The van der Waals surface area contributed by atoms with Gasteiger partial charge < -0.3 is 0 Å². The summed E-state index contributed by atoms with van der Waals surface area (Å²) in [5, 5.41) is 0. The molecule has 0 spiro atoms. The molecule has 0 atom stereocenters. The SMILES string of the molecule is [CH2-]c1cccc(C)c1.[Cl][Zn+]. The number of hydrogen-bond acceptors (Lipinski definition) is 0. The van der Waals surface area contributed by atoms with Crippen molar-refractivity contribution in [3.8, 4) is 0 Å². The van der Waals surface area contributed by atoms with E-state index in [0.717, 1.165) is 22.9 Å². The second kappa shape index (κ2) is 5.76. The van der Waals surface area contributed by atoms with E-state index >= 15 is 0 Å². The third-order valence-electron chi connectivity index (χ3n) is 1.08. The Bertz CT molecular complexity index is 169. The molecule has 0 aliphatic carbocycles. The molecule has 0 N–H and O–H groups in total. The summed E-state index contributed by atoms with van der Waals surface area (Å²) in [5.74, 6) is 0. The van der Waals surface area contributed by atoms with Crippen LogP contribution in [0.25, 0.3) is 0 Å². The standard InChI is InChI=1S/C8H9.ClH.Zn/c1-7-4-3-5-8(2)6-7;;/h3-6H,1H2,2H3;1H;/q-1;;+2/p-1. The van der Waals surface area contributed by atoms with Gasteiger partial charge in [-0.2, -0.15) is 24.6 Å². The van der Waals surface area contributed by atoms with Gasteiger partial charge in [0.25, 0.3) is 0 Å². The summed E-state index contributed by atoms with van der Waals surface area (Å²) in [5.41, 5.74) is 2.36. The van der Waals surface area contributed by atoms with Crippen LogP contribution in [0, 0.1) is 13.8 Å². The molecule has 1 aromatic carbocycles. The van der Waals surface area contributed by atoms with E-state index in [1.165, 1.54) is 5.56 Å². The molecule has 0 saturated heterocycles. The zero-order chi connectivity index (χ0) is 7.98. The van der Waals surface area contributed by atoms with Crippen molar-refractivity contribution >= 4 is 9.69 Å². The van der Waals surface area contributed by atoms with Gasteiger partial charge in [0.05, 0.1) is 0 Å². The van der Waals surface area contributed by atoms with Gasteiger partial charge in [0, 0.05) is 0 Å². The van der Waals surface area contributed by atoms with E-state index in [0.29, 0.717) is 0 Å². The normalized spacial score (nSPS) is 8.00. The molecule has 0 bridgehead atoms. The molecule has 2 heteroatoms. The van der Waals surface area contributed by atoms with Gasteiger partial charge in [0.1, 0.15) is 0 Å². The molecule has 0 heterocycles. The first-order chi connectivity index (χ1) is 4.79. The molecule has 50 valence electrons. The van der Waals surface area contributed by atoms with Crippen molar-refractivity contribution in [1.29, 1.82) is 0 Å². The maximum atomic E-state index is 4.76. The molecule has 0 amide bonds. The van der Waals surface area contributed by atoms with E-state index in [9.17, 15) is 0 Å². The maximum absolute atomic E-state index is 4.76.